The third kappa shape index (κ3) is 4.17. The Morgan fingerprint density at radius 3 is 2.47 bits per heavy atom. The number of aliphatic carboxylic acids is 1. The minimum atomic E-state index is -0.730. The number of benzene rings is 2. The fourth-order valence-corrected chi connectivity index (χ4v) is 5.17. The van der Waals surface area contributed by atoms with E-state index in [0.717, 1.165) is 35.5 Å². The highest BCUT2D eigenvalue weighted by Crippen LogP contribution is 2.47. The van der Waals surface area contributed by atoms with E-state index in [1.165, 1.54) is 22.3 Å². The number of anilines is 1. The molecular weight excluding hydrogens is 452 g/mol. The van der Waals surface area contributed by atoms with Crippen molar-refractivity contribution in [3.8, 4) is 28.3 Å². The molecular formula is C29H26N4O3. The lowest BCUT2D eigenvalue weighted by Gasteiger charge is -2.16. The van der Waals surface area contributed by atoms with Crippen molar-refractivity contribution in [1.29, 1.82) is 0 Å². The van der Waals surface area contributed by atoms with E-state index in [1.807, 2.05) is 18.3 Å². The molecule has 0 amide bonds. The van der Waals surface area contributed by atoms with E-state index in [1.54, 1.807) is 19.5 Å². The molecule has 2 N–H and O–H groups in total. The van der Waals surface area contributed by atoms with Crippen molar-refractivity contribution in [1.82, 2.24) is 15.0 Å². The highest BCUT2D eigenvalue weighted by Gasteiger charge is 2.45. The number of carbonyl (C=O) groups is 1. The van der Waals surface area contributed by atoms with Crippen LogP contribution in [0.15, 0.2) is 73.2 Å². The molecule has 4 aromatic rings. The summed E-state index contributed by atoms with van der Waals surface area (Å²) in [4.78, 5) is 24.4. The number of nitrogens with one attached hydrogen (secondary N) is 1. The van der Waals surface area contributed by atoms with Crippen molar-refractivity contribution in [2.24, 2.45) is 5.92 Å². The Morgan fingerprint density at radius 1 is 0.972 bits per heavy atom. The molecule has 7 nitrogen and oxygen atoms in total. The van der Waals surface area contributed by atoms with E-state index in [2.05, 4.69) is 62.7 Å². The molecule has 1 saturated carbocycles. The summed E-state index contributed by atoms with van der Waals surface area (Å²) >= 11 is 0. The SMILES string of the molecule is COc1cnc(-c2ccc(-c3cccc4c3CC[C@H]4Nc3ccc(C4C[C@H]4C(=O)O)nc3)cc2)cn1. The molecule has 2 aromatic carbocycles. The van der Waals surface area contributed by atoms with E-state index in [-0.39, 0.29) is 17.9 Å². The van der Waals surface area contributed by atoms with Crippen LogP contribution >= 0.6 is 0 Å². The number of nitrogens with zero attached hydrogens (tertiary/aromatic N) is 3. The minimum Gasteiger partial charge on any atom is -0.481 e. The second-order valence-electron chi connectivity index (χ2n) is 9.39. The van der Waals surface area contributed by atoms with Gasteiger partial charge in [-0.25, -0.2) is 9.97 Å². The lowest BCUT2D eigenvalue weighted by atomic mass is 9.95. The maximum atomic E-state index is 11.1. The molecule has 0 spiro atoms. The number of hydrogen-bond donors (Lipinski definition) is 2. The quantitative estimate of drug-likeness (QED) is 0.362. The summed E-state index contributed by atoms with van der Waals surface area (Å²) in [6.45, 7) is 0. The monoisotopic (exact) mass is 478 g/mol. The van der Waals surface area contributed by atoms with Gasteiger partial charge >= 0.3 is 5.97 Å². The Morgan fingerprint density at radius 2 is 1.81 bits per heavy atom. The molecule has 2 aliphatic carbocycles. The van der Waals surface area contributed by atoms with E-state index < -0.39 is 5.97 Å². The van der Waals surface area contributed by atoms with Crippen LogP contribution in [-0.2, 0) is 11.2 Å². The van der Waals surface area contributed by atoms with Gasteiger partial charge in [0.15, 0.2) is 0 Å². The first-order valence-electron chi connectivity index (χ1n) is 12.1. The second-order valence-corrected chi connectivity index (χ2v) is 9.39. The van der Waals surface area contributed by atoms with Crippen molar-refractivity contribution in [2.45, 2.75) is 31.2 Å². The van der Waals surface area contributed by atoms with Gasteiger partial charge in [-0.3, -0.25) is 9.78 Å². The molecule has 2 aliphatic rings. The van der Waals surface area contributed by atoms with E-state index in [9.17, 15) is 4.79 Å². The summed E-state index contributed by atoms with van der Waals surface area (Å²) in [6, 6.07) is 19.1. The first kappa shape index (κ1) is 22.2. The van der Waals surface area contributed by atoms with Crippen LogP contribution in [0.1, 0.15) is 41.6 Å². The fraction of sp³-hybridized carbons (Fsp3) is 0.241. The van der Waals surface area contributed by atoms with Gasteiger partial charge in [0, 0.05) is 17.2 Å². The summed E-state index contributed by atoms with van der Waals surface area (Å²) < 4.78 is 5.10. The molecule has 36 heavy (non-hydrogen) atoms. The maximum Gasteiger partial charge on any atom is 0.307 e. The van der Waals surface area contributed by atoms with Crippen molar-refractivity contribution in [2.75, 3.05) is 12.4 Å². The Bertz CT molecular complexity index is 1400. The van der Waals surface area contributed by atoms with E-state index in [0.29, 0.717) is 12.3 Å². The van der Waals surface area contributed by atoms with Crippen LogP contribution in [0.4, 0.5) is 5.69 Å². The first-order valence-corrected chi connectivity index (χ1v) is 12.1. The maximum absolute atomic E-state index is 11.1. The number of carboxylic acid groups (broad SMARTS) is 1. The van der Waals surface area contributed by atoms with Gasteiger partial charge in [-0.1, -0.05) is 42.5 Å². The van der Waals surface area contributed by atoms with Crippen molar-refractivity contribution in [3.63, 3.8) is 0 Å². The average molecular weight is 479 g/mol. The number of ether oxygens (including phenoxy) is 1. The fourth-order valence-electron chi connectivity index (χ4n) is 5.17. The smallest absolute Gasteiger partial charge is 0.307 e. The Kier molecular flexibility index (Phi) is 5.60. The minimum absolute atomic E-state index is 0.0504. The van der Waals surface area contributed by atoms with Gasteiger partial charge in [0.25, 0.3) is 0 Å². The molecule has 2 heterocycles. The van der Waals surface area contributed by atoms with Gasteiger partial charge in [-0.05, 0) is 53.6 Å². The predicted molar refractivity (Wildman–Crippen MR) is 137 cm³/mol. The van der Waals surface area contributed by atoms with Crippen molar-refractivity contribution in [3.05, 3.63) is 90.0 Å². The molecule has 0 radical (unpaired) electrons. The molecule has 0 bridgehead atoms. The van der Waals surface area contributed by atoms with Gasteiger partial charge in [-0.2, -0.15) is 0 Å². The Labute approximate surface area is 209 Å². The number of hydrogen-bond acceptors (Lipinski definition) is 6. The third-order valence-electron chi connectivity index (χ3n) is 7.21. The Hall–Kier alpha value is -4.26. The van der Waals surface area contributed by atoms with Crippen LogP contribution in [-0.4, -0.2) is 33.1 Å². The summed E-state index contributed by atoms with van der Waals surface area (Å²) in [7, 11) is 1.58. The molecule has 0 saturated heterocycles. The van der Waals surface area contributed by atoms with Crippen LogP contribution in [0, 0.1) is 5.92 Å². The zero-order valence-corrected chi connectivity index (χ0v) is 19.9. The van der Waals surface area contributed by atoms with Gasteiger partial charge in [-0.15, -0.1) is 0 Å². The van der Waals surface area contributed by atoms with Crippen LogP contribution in [0.3, 0.4) is 0 Å². The predicted octanol–water partition coefficient (Wildman–Crippen LogP) is 5.50. The van der Waals surface area contributed by atoms with Gasteiger partial charge in [0.1, 0.15) is 0 Å². The summed E-state index contributed by atoms with van der Waals surface area (Å²) in [5.41, 5.74) is 8.77. The first-order chi connectivity index (χ1) is 17.6. The zero-order chi connectivity index (χ0) is 24.6. The van der Waals surface area contributed by atoms with Gasteiger partial charge in [0.05, 0.1) is 49.0 Å². The molecule has 0 aliphatic heterocycles. The standard InChI is InChI=1S/C29H26N4O3/c1-36-28-16-31-27(15-32-28)18-7-5-17(6-8-18)20-3-2-4-22-21(20)10-12-26(22)33-19-9-11-25(30-14-19)23-13-24(23)29(34)35/h2-9,11,14-16,23-24,26,33H,10,12-13H2,1H3,(H,34,35)/t23?,24-,26-/m1/s1. The number of fused-ring (bicyclic) bond motifs is 1. The van der Waals surface area contributed by atoms with Crippen molar-refractivity contribution >= 4 is 11.7 Å². The van der Waals surface area contributed by atoms with Crippen molar-refractivity contribution < 1.29 is 14.6 Å². The molecule has 1 unspecified atom stereocenters. The van der Waals surface area contributed by atoms with E-state index in [4.69, 9.17) is 9.84 Å². The summed E-state index contributed by atoms with van der Waals surface area (Å²) in [6.07, 6.45) is 7.88. The highest BCUT2D eigenvalue weighted by molar-refractivity contribution is 5.75. The number of rotatable bonds is 7. The van der Waals surface area contributed by atoms with Gasteiger partial charge < -0.3 is 15.2 Å². The Balaban J connectivity index is 1.18. The van der Waals surface area contributed by atoms with Crippen LogP contribution < -0.4 is 10.1 Å². The third-order valence-corrected chi connectivity index (χ3v) is 7.21. The molecule has 6 rings (SSSR count). The summed E-state index contributed by atoms with van der Waals surface area (Å²) in [5, 5.41) is 12.8. The molecule has 2 aromatic heterocycles. The zero-order valence-electron chi connectivity index (χ0n) is 19.9. The lowest BCUT2D eigenvalue weighted by molar-refractivity contribution is -0.138. The highest BCUT2D eigenvalue weighted by atomic mass is 16.5. The number of pyridine rings is 1. The number of methoxy groups -OCH3 is 1. The van der Waals surface area contributed by atoms with E-state index >= 15 is 0 Å². The lowest BCUT2D eigenvalue weighted by Crippen LogP contribution is -2.07. The second kappa shape index (κ2) is 9.07. The molecule has 1 fully saturated rings. The number of carboxylic acids is 1. The normalized spacial score (nSPS) is 20.0. The van der Waals surface area contributed by atoms with Crippen LogP contribution in [0.5, 0.6) is 5.88 Å². The van der Waals surface area contributed by atoms with Gasteiger partial charge in [0.2, 0.25) is 5.88 Å². The molecule has 7 heteroatoms. The van der Waals surface area contributed by atoms with Crippen LogP contribution in [0.25, 0.3) is 22.4 Å². The molecule has 180 valence electrons. The topological polar surface area (TPSA) is 97.2 Å². The van der Waals surface area contributed by atoms with Crippen LogP contribution in [0.2, 0.25) is 0 Å². The summed E-state index contributed by atoms with van der Waals surface area (Å²) in [5.74, 6) is -0.463. The molecule has 3 atom stereocenters. The average Bonchev–Trinajstić information content (AvgIpc) is 3.64. The largest absolute Gasteiger partial charge is 0.481 e. The number of aromatic nitrogens is 3.